The maximum atomic E-state index is 4.03. The fourth-order valence-electron chi connectivity index (χ4n) is 4.46. The lowest BCUT2D eigenvalue weighted by molar-refractivity contribution is 0.184. The molecule has 0 bridgehead atoms. The summed E-state index contributed by atoms with van der Waals surface area (Å²) in [5.41, 5.74) is 3.45. The molecule has 1 heteroatoms. The minimum absolute atomic E-state index is 0.334. The predicted octanol–water partition coefficient (Wildman–Crippen LogP) is 5.21. The molecule has 3 rings (SSSR count). The molecule has 1 fully saturated rings. The van der Waals surface area contributed by atoms with Crippen LogP contribution < -0.4 is 5.32 Å². The van der Waals surface area contributed by atoms with E-state index in [-0.39, 0.29) is 0 Å². The molecule has 4 atom stereocenters. The Hall–Kier alpha value is -0.820. The van der Waals surface area contributed by atoms with Crippen LogP contribution in [0.3, 0.4) is 0 Å². The lowest BCUT2D eigenvalue weighted by Crippen LogP contribution is -2.44. The molecule has 1 nitrogen and oxygen atoms in total. The Morgan fingerprint density at radius 3 is 2.62 bits per heavy atom. The van der Waals surface area contributed by atoms with E-state index in [2.05, 4.69) is 57.3 Å². The number of nitrogens with one attached hydrogen (secondary N) is 1. The van der Waals surface area contributed by atoms with Gasteiger partial charge in [-0.05, 0) is 47.6 Å². The molecular formula is C20H31N. The Morgan fingerprint density at radius 1 is 1.05 bits per heavy atom. The first-order chi connectivity index (χ1) is 9.99. The standard InChI is InChI=1S/C20H31N/c1-14-8-7-11-18(15(14)2)21-19-12-13-20(3,4)17-10-6-5-9-16(17)19/h5-6,9-10,14-15,18-19,21H,7-8,11-13H2,1-4H3. The smallest absolute Gasteiger partial charge is 0.0326 e. The van der Waals surface area contributed by atoms with E-state index < -0.39 is 0 Å². The zero-order valence-corrected chi connectivity index (χ0v) is 14.2. The van der Waals surface area contributed by atoms with Crippen LogP contribution in [-0.4, -0.2) is 6.04 Å². The van der Waals surface area contributed by atoms with Crippen LogP contribution in [0.15, 0.2) is 24.3 Å². The first-order valence-corrected chi connectivity index (χ1v) is 8.84. The summed E-state index contributed by atoms with van der Waals surface area (Å²) in [5.74, 6) is 1.67. The molecule has 0 amide bonds. The molecule has 1 aromatic rings. The van der Waals surface area contributed by atoms with Gasteiger partial charge in [0.1, 0.15) is 0 Å². The molecule has 2 aliphatic rings. The van der Waals surface area contributed by atoms with Gasteiger partial charge >= 0.3 is 0 Å². The normalized spacial score (nSPS) is 35.2. The van der Waals surface area contributed by atoms with E-state index in [1.807, 2.05) is 0 Å². The third-order valence-electron chi connectivity index (χ3n) is 6.25. The van der Waals surface area contributed by atoms with Crippen LogP contribution in [0, 0.1) is 11.8 Å². The van der Waals surface area contributed by atoms with Crippen molar-refractivity contribution >= 4 is 0 Å². The van der Waals surface area contributed by atoms with Crippen LogP contribution in [-0.2, 0) is 5.41 Å². The van der Waals surface area contributed by atoms with Crippen molar-refractivity contribution in [1.29, 1.82) is 0 Å². The van der Waals surface area contributed by atoms with Gasteiger partial charge in [0, 0.05) is 12.1 Å². The van der Waals surface area contributed by atoms with Gasteiger partial charge in [0.2, 0.25) is 0 Å². The summed E-state index contributed by atoms with van der Waals surface area (Å²) in [6, 6.07) is 10.4. The monoisotopic (exact) mass is 285 g/mol. The van der Waals surface area contributed by atoms with Gasteiger partial charge in [0.25, 0.3) is 0 Å². The molecule has 21 heavy (non-hydrogen) atoms. The molecule has 1 N–H and O–H groups in total. The Balaban J connectivity index is 1.81. The highest BCUT2D eigenvalue weighted by Gasteiger charge is 2.35. The van der Waals surface area contributed by atoms with Gasteiger partial charge in [-0.25, -0.2) is 0 Å². The molecule has 0 radical (unpaired) electrons. The highest BCUT2D eigenvalue weighted by Crippen LogP contribution is 2.42. The quantitative estimate of drug-likeness (QED) is 0.786. The number of rotatable bonds is 2. The summed E-state index contributed by atoms with van der Waals surface area (Å²) in [7, 11) is 0. The average molecular weight is 285 g/mol. The highest BCUT2D eigenvalue weighted by molar-refractivity contribution is 5.38. The third kappa shape index (κ3) is 2.90. The lowest BCUT2D eigenvalue weighted by atomic mass is 9.70. The number of hydrogen-bond donors (Lipinski definition) is 1. The molecule has 0 saturated heterocycles. The molecular weight excluding hydrogens is 254 g/mol. The van der Waals surface area contributed by atoms with Crippen molar-refractivity contribution in [2.75, 3.05) is 0 Å². The van der Waals surface area contributed by atoms with Gasteiger partial charge in [-0.1, -0.05) is 64.8 Å². The van der Waals surface area contributed by atoms with Crippen LogP contribution in [0.25, 0.3) is 0 Å². The number of fused-ring (bicyclic) bond motifs is 1. The summed E-state index contributed by atoms with van der Waals surface area (Å²) < 4.78 is 0. The molecule has 0 heterocycles. The van der Waals surface area contributed by atoms with Gasteiger partial charge in [0.05, 0.1) is 0 Å². The van der Waals surface area contributed by atoms with Crippen molar-refractivity contribution in [3.05, 3.63) is 35.4 Å². The van der Waals surface area contributed by atoms with Crippen LogP contribution in [0.1, 0.15) is 77.0 Å². The molecule has 116 valence electrons. The maximum absolute atomic E-state index is 4.03. The zero-order valence-electron chi connectivity index (χ0n) is 14.2. The Morgan fingerprint density at radius 2 is 1.81 bits per heavy atom. The fraction of sp³-hybridized carbons (Fsp3) is 0.700. The minimum atomic E-state index is 0.334. The Bertz CT molecular complexity index is 490. The summed E-state index contributed by atoms with van der Waals surface area (Å²) in [5, 5.41) is 4.03. The van der Waals surface area contributed by atoms with E-state index in [0.29, 0.717) is 17.5 Å². The van der Waals surface area contributed by atoms with Crippen LogP contribution in [0.5, 0.6) is 0 Å². The zero-order chi connectivity index (χ0) is 15.0. The van der Waals surface area contributed by atoms with E-state index in [9.17, 15) is 0 Å². The van der Waals surface area contributed by atoms with Gasteiger partial charge in [-0.3, -0.25) is 0 Å². The lowest BCUT2D eigenvalue weighted by Gasteiger charge is -2.42. The minimum Gasteiger partial charge on any atom is -0.307 e. The number of hydrogen-bond acceptors (Lipinski definition) is 1. The number of benzene rings is 1. The molecule has 0 spiro atoms. The van der Waals surface area contributed by atoms with Crippen LogP contribution in [0.4, 0.5) is 0 Å². The van der Waals surface area contributed by atoms with E-state index in [1.165, 1.54) is 32.1 Å². The van der Waals surface area contributed by atoms with Gasteiger partial charge in [-0.2, -0.15) is 0 Å². The van der Waals surface area contributed by atoms with Crippen LogP contribution in [0.2, 0.25) is 0 Å². The van der Waals surface area contributed by atoms with E-state index >= 15 is 0 Å². The van der Waals surface area contributed by atoms with Gasteiger partial charge < -0.3 is 5.32 Å². The fourth-order valence-corrected chi connectivity index (χ4v) is 4.46. The first kappa shape index (κ1) is 15.1. The molecule has 4 unspecified atom stereocenters. The van der Waals surface area contributed by atoms with Crippen molar-refractivity contribution in [2.45, 2.75) is 77.3 Å². The summed E-state index contributed by atoms with van der Waals surface area (Å²) in [6.45, 7) is 9.66. The van der Waals surface area contributed by atoms with Crippen molar-refractivity contribution in [2.24, 2.45) is 11.8 Å². The average Bonchev–Trinajstić information content (AvgIpc) is 2.47. The summed E-state index contributed by atoms with van der Waals surface area (Å²) in [6.07, 6.45) is 6.73. The maximum Gasteiger partial charge on any atom is 0.0326 e. The molecule has 1 aromatic carbocycles. The van der Waals surface area contributed by atoms with E-state index in [4.69, 9.17) is 0 Å². The SMILES string of the molecule is CC1CCCC(NC2CCC(C)(C)c3ccccc32)C1C. The molecule has 2 aliphatic carbocycles. The summed E-state index contributed by atoms with van der Waals surface area (Å²) in [4.78, 5) is 0. The molecule has 0 aliphatic heterocycles. The topological polar surface area (TPSA) is 12.0 Å². The second kappa shape index (κ2) is 5.76. The molecule has 1 saturated carbocycles. The van der Waals surface area contributed by atoms with Crippen molar-refractivity contribution < 1.29 is 0 Å². The van der Waals surface area contributed by atoms with Crippen LogP contribution >= 0.6 is 0 Å². The second-order valence-corrected chi connectivity index (χ2v) is 8.10. The van der Waals surface area contributed by atoms with E-state index in [0.717, 1.165) is 11.8 Å². The van der Waals surface area contributed by atoms with Crippen molar-refractivity contribution in [3.63, 3.8) is 0 Å². The predicted molar refractivity (Wildman–Crippen MR) is 90.5 cm³/mol. The summed E-state index contributed by atoms with van der Waals surface area (Å²) >= 11 is 0. The van der Waals surface area contributed by atoms with E-state index in [1.54, 1.807) is 11.1 Å². The third-order valence-corrected chi connectivity index (χ3v) is 6.25. The van der Waals surface area contributed by atoms with Gasteiger partial charge in [-0.15, -0.1) is 0 Å². The molecule has 0 aromatic heterocycles. The van der Waals surface area contributed by atoms with Crippen molar-refractivity contribution in [1.82, 2.24) is 5.32 Å². The largest absolute Gasteiger partial charge is 0.307 e. The first-order valence-electron chi connectivity index (χ1n) is 8.84. The highest BCUT2D eigenvalue weighted by atomic mass is 15.0. The van der Waals surface area contributed by atoms with Crippen molar-refractivity contribution in [3.8, 4) is 0 Å². The Kier molecular flexibility index (Phi) is 4.14. The Labute approximate surface area is 130 Å². The second-order valence-electron chi connectivity index (χ2n) is 8.10. The van der Waals surface area contributed by atoms with Gasteiger partial charge in [0.15, 0.2) is 0 Å².